The van der Waals surface area contributed by atoms with Crippen LogP contribution >= 0.6 is 11.3 Å². The predicted molar refractivity (Wildman–Crippen MR) is 95.0 cm³/mol. The van der Waals surface area contributed by atoms with Gasteiger partial charge in [0.25, 0.3) is 5.91 Å². The SMILES string of the molecule is CCC1Oc2ccc(N)nc2N(CC(=O)Nc2nnc(COC)s2)C1=O. The third-order valence-electron chi connectivity index (χ3n) is 3.58. The van der Waals surface area contributed by atoms with Gasteiger partial charge in [0.2, 0.25) is 11.0 Å². The number of ether oxygens (including phenoxy) is 2. The van der Waals surface area contributed by atoms with Gasteiger partial charge in [-0.05, 0) is 18.6 Å². The zero-order valence-electron chi connectivity index (χ0n) is 14.3. The highest BCUT2D eigenvalue weighted by atomic mass is 32.1. The number of carbonyl (C=O) groups is 2. The summed E-state index contributed by atoms with van der Waals surface area (Å²) in [6, 6.07) is 3.22. The van der Waals surface area contributed by atoms with E-state index in [0.717, 1.165) is 0 Å². The van der Waals surface area contributed by atoms with Crippen molar-refractivity contribution < 1.29 is 19.1 Å². The van der Waals surface area contributed by atoms with Crippen LogP contribution in [0.2, 0.25) is 0 Å². The van der Waals surface area contributed by atoms with Gasteiger partial charge in [0.05, 0.1) is 0 Å². The first kappa shape index (κ1) is 18.0. The van der Waals surface area contributed by atoms with Crippen molar-refractivity contribution in [3.8, 4) is 5.75 Å². The Kier molecular flexibility index (Phi) is 5.28. The molecule has 0 radical (unpaired) electrons. The highest BCUT2D eigenvalue weighted by Gasteiger charge is 2.35. The van der Waals surface area contributed by atoms with Gasteiger partial charge in [-0.2, -0.15) is 0 Å². The number of nitrogen functional groups attached to an aromatic ring is 1. The number of methoxy groups -OCH3 is 1. The van der Waals surface area contributed by atoms with Crippen molar-refractivity contribution in [3.05, 3.63) is 17.1 Å². The van der Waals surface area contributed by atoms with Crippen molar-refractivity contribution in [1.29, 1.82) is 0 Å². The van der Waals surface area contributed by atoms with Crippen LogP contribution in [-0.4, -0.2) is 46.8 Å². The van der Waals surface area contributed by atoms with Crippen LogP contribution in [0.25, 0.3) is 0 Å². The molecule has 3 N–H and O–H groups in total. The van der Waals surface area contributed by atoms with Gasteiger partial charge in [-0.25, -0.2) is 4.98 Å². The van der Waals surface area contributed by atoms with E-state index in [0.29, 0.717) is 28.9 Å². The van der Waals surface area contributed by atoms with Crippen molar-refractivity contribution >= 4 is 39.9 Å². The van der Waals surface area contributed by atoms with E-state index >= 15 is 0 Å². The number of anilines is 3. The quantitative estimate of drug-likeness (QED) is 0.754. The average Bonchev–Trinajstić information content (AvgIpc) is 3.04. The molecular formula is C15H18N6O4S. The number of hydrogen-bond donors (Lipinski definition) is 2. The van der Waals surface area contributed by atoms with Crippen LogP contribution in [0.15, 0.2) is 12.1 Å². The van der Waals surface area contributed by atoms with E-state index < -0.39 is 12.0 Å². The number of nitrogens with zero attached hydrogens (tertiary/aromatic N) is 4. The number of nitrogens with one attached hydrogen (secondary N) is 1. The second-order valence-corrected chi connectivity index (χ2v) is 6.54. The first-order valence-electron chi connectivity index (χ1n) is 7.87. The Morgan fingerprint density at radius 1 is 1.46 bits per heavy atom. The molecule has 1 unspecified atom stereocenters. The molecule has 3 rings (SSSR count). The molecule has 0 aliphatic carbocycles. The summed E-state index contributed by atoms with van der Waals surface area (Å²) in [7, 11) is 1.55. The minimum atomic E-state index is -0.671. The number of hydrogen-bond acceptors (Lipinski definition) is 9. The van der Waals surface area contributed by atoms with Crippen molar-refractivity contribution in [1.82, 2.24) is 15.2 Å². The predicted octanol–water partition coefficient (Wildman–Crippen LogP) is 0.804. The molecule has 0 saturated heterocycles. The Hall–Kier alpha value is -2.79. The van der Waals surface area contributed by atoms with Gasteiger partial charge in [-0.1, -0.05) is 18.3 Å². The van der Waals surface area contributed by atoms with Crippen molar-refractivity contribution in [2.75, 3.05) is 29.6 Å². The van der Waals surface area contributed by atoms with Crippen LogP contribution in [0.3, 0.4) is 0 Å². The highest BCUT2D eigenvalue weighted by Crippen LogP contribution is 2.33. The van der Waals surface area contributed by atoms with E-state index in [-0.39, 0.29) is 24.1 Å². The number of aromatic nitrogens is 3. The molecule has 0 fully saturated rings. The van der Waals surface area contributed by atoms with E-state index in [1.165, 1.54) is 16.2 Å². The number of amides is 2. The zero-order chi connectivity index (χ0) is 18.7. The van der Waals surface area contributed by atoms with Gasteiger partial charge in [0.1, 0.15) is 24.0 Å². The van der Waals surface area contributed by atoms with E-state index in [9.17, 15) is 9.59 Å². The summed E-state index contributed by atoms with van der Waals surface area (Å²) in [5, 5.41) is 11.4. The molecule has 1 atom stereocenters. The van der Waals surface area contributed by atoms with E-state index in [1.54, 1.807) is 19.2 Å². The third-order valence-corrected chi connectivity index (χ3v) is 4.39. The van der Waals surface area contributed by atoms with Crippen LogP contribution in [0.4, 0.5) is 16.8 Å². The molecule has 1 aliphatic rings. The standard InChI is InChI=1S/C15H18N6O4S/c1-3-8-14(23)21(13-9(25-8)4-5-10(16)17-13)6-11(22)18-15-20-19-12(26-15)7-24-2/h4-5,8H,3,6-7H2,1-2H3,(H2,16,17)(H,18,20,22). The summed E-state index contributed by atoms with van der Waals surface area (Å²) < 4.78 is 10.6. The summed E-state index contributed by atoms with van der Waals surface area (Å²) in [6.07, 6.45) is -0.201. The van der Waals surface area contributed by atoms with Gasteiger partial charge in [-0.3, -0.25) is 19.8 Å². The number of pyridine rings is 1. The zero-order valence-corrected chi connectivity index (χ0v) is 15.1. The van der Waals surface area contributed by atoms with Crippen LogP contribution in [0.5, 0.6) is 5.75 Å². The lowest BCUT2D eigenvalue weighted by molar-refractivity contribution is -0.128. The molecule has 0 aromatic carbocycles. The summed E-state index contributed by atoms with van der Waals surface area (Å²) in [6.45, 7) is 1.90. The summed E-state index contributed by atoms with van der Waals surface area (Å²) in [5.41, 5.74) is 5.71. The van der Waals surface area contributed by atoms with Crippen molar-refractivity contribution in [3.63, 3.8) is 0 Å². The fraction of sp³-hybridized carbons (Fsp3) is 0.400. The first-order valence-corrected chi connectivity index (χ1v) is 8.69. The first-order chi connectivity index (χ1) is 12.5. The van der Waals surface area contributed by atoms with E-state index in [2.05, 4.69) is 20.5 Å². The number of fused-ring (bicyclic) bond motifs is 1. The summed E-state index contributed by atoms with van der Waals surface area (Å²) in [4.78, 5) is 30.4. The molecule has 2 aromatic heterocycles. The Bertz CT molecular complexity index is 826. The highest BCUT2D eigenvalue weighted by molar-refractivity contribution is 7.15. The van der Waals surface area contributed by atoms with Crippen molar-refractivity contribution in [2.24, 2.45) is 0 Å². The Labute approximate surface area is 153 Å². The van der Waals surface area contributed by atoms with Crippen LogP contribution < -0.4 is 20.7 Å². The van der Waals surface area contributed by atoms with Gasteiger partial charge >= 0.3 is 0 Å². The molecule has 11 heteroatoms. The van der Waals surface area contributed by atoms with E-state index in [4.69, 9.17) is 15.2 Å². The van der Waals surface area contributed by atoms with Gasteiger partial charge in [0.15, 0.2) is 17.7 Å². The minimum Gasteiger partial charge on any atom is -0.477 e. The Balaban J connectivity index is 1.77. The molecule has 2 amide bonds. The molecule has 0 spiro atoms. The van der Waals surface area contributed by atoms with Crippen LogP contribution in [0.1, 0.15) is 18.4 Å². The Morgan fingerprint density at radius 2 is 2.27 bits per heavy atom. The number of nitrogens with two attached hydrogens (primary N) is 1. The van der Waals surface area contributed by atoms with Crippen LogP contribution in [0, 0.1) is 0 Å². The van der Waals surface area contributed by atoms with Crippen molar-refractivity contribution in [2.45, 2.75) is 26.1 Å². The molecule has 3 heterocycles. The lowest BCUT2D eigenvalue weighted by atomic mass is 10.2. The third kappa shape index (κ3) is 3.73. The smallest absolute Gasteiger partial charge is 0.269 e. The molecule has 26 heavy (non-hydrogen) atoms. The number of rotatable bonds is 6. The fourth-order valence-corrected chi connectivity index (χ4v) is 3.14. The van der Waals surface area contributed by atoms with Crippen LogP contribution in [-0.2, 0) is 20.9 Å². The molecule has 138 valence electrons. The van der Waals surface area contributed by atoms with Gasteiger partial charge in [-0.15, -0.1) is 10.2 Å². The molecule has 10 nitrogen and oxygen atoms in total. The topological polar surface area (TPSA) is 133 Å². The number of carbonyl (C=O) groups excluding carboxylic acids is 2. The molecule has 0 bridgehead atoms. The lowest BCUT2D eigenvalue weighted by Gasteiger charge is -2.32. The average molecular weight is 378 g/mol. The normalized spacial score (nSPS) is 16.2. The Morgan fingerprint density at radius 3 is 3.00 bits per heavy atom. The minimum absolute atomic E-state index is 0.229. The molecule has 2 aromatic rings. The van der Waals surface area contributed by atoms with E-state index in [1.807, 2.05) is 6.92 Å². The fourth-order valence-electron chi connectivity index (χ4n) is 2.42. The lowest BCUT2D eigenvalue weighted by Crippen LogP contribution is -2.49. The van der Waals surface area contributed by atoms with Gasteiger partial charge < -0.3 is 15.2 Å². The maximum atomic E-state index is 12.6. The monoisotopic (exact) mass is 378 g/mol. The second-order valence-electron chi connectivity index (χ2n) is 5.48. The molecular weight excluding hydrogens is 360 g/mol. The maximum absolute atomic E-state index is 12.6. The van der Waals surface area contributed by atoms with Gasteiger partial charge in [0, 0.05) is 7.11 Å². The molecule has 1 aliphatic heterocycles. The summed E-state index contributed by atoms with van der Waals surface area (Å²) >= 11 is 1.20. The summed E-state index contributed by atoms with van der Waals surface area (Å²) in [5.74, 6) is 0.105. The maximum Gasteiger partial charge on any atom is 0.269 e. The second kappa shape index (κ2) is 7.62. The largest absolute Gasteiger partial charge is 0.477 e. The molecule has 0 saturated carbocycles.